The Morgan fingerprint density at radius 2 is 2.00 bits per heavy atom. The molecule has 1 aliphatic heterocycles. The van der Waals surface area contributed by atoms with Crippen LogP contribution in [0.5, 0.6) is 0 Å². The van der Waals surface area contributed by atoms with Gasteiger partial charge in [-0.25, -0.2) is 0 Å². The van der Waals surface area contributed by atoms with Crippen molar-refractivity contribution in [1.29, 1.82) is 0 Å². The largest absolute Gasteiger partial charge is 0.325 e. The van der Waals surface area contributed by atoms with E-state index >= 15 is 0 Å². The number of nitrogens with one attached hydrogen (secondary N) is 1. The first-order chi connectivity index (χ1) is 7.49. The van der Waals surface area contributed by atoms with Gasteiger partial charge in [-0.2, -0.15) is 0 Å². The fourth-order valence-electron chi connectivity index (χ4n) is 2.69. The molecule has 1 aliphatic rings. The maximum absolute atomic E-state index is 12.1. The van der Waals surface area contributed by atoms with Crippen LogP contribution < -0.4 is 5.32 Å². The maximum atomic E-state index is 12.1. The molecule has 0 aliphatic carbocycles. The van der Waals surface area contributed by atoms with Gasteiger partial charge in [0.25, 0.3) is 0 Å². The molecule has 1 aromatic carbocycles. The molecule has 1 N–H and O–H groups in total. The second-order valence-electron chi connectivity index (χ2n) is 5.04. The molecule has 1 aromatic rings. The predicted octanol–water partition coefficient (Wildman–Crippen LogP) is 3.31. The van der Waals surface area contributed by atoms with Crippen LogP contribution in [0.4, 0.5) is 5.69 Å². The lowest BCUT2D eigenvalue weighted by Crippen LogP contribution is -2.30. The van der Waals surface area contributed by atoms with Crippen LogP contribution in [0.25, 0.3) is 0 Å². The first kappa shape index (κ1) is 11.2. The van der Waals surface area contributed by atoms with Crippen molar-refractivity contribution in [3.05, 3.63) is 28.8 Å². The number of rotatable bonds is 2. The third-order valence-corrected chi connectivity index (χ3v) is 3.56. The molecule has 86 valence electrons. The van der Waals surface area contributed by atoms with E-state index in [0.717, 1.165) is 18.5 Å². The van der Waals surface area contributed by atoms with E-state index in [1.165, 1.54) is 16.7 Å². The van der Waals surface area contributed by atoms with Gasteiger partial charge in [-0.1, -0.05) is 31.0 Å². The van der Waals surface area contributed by atoms with Crippen molar-refractivity contribution in [2.75, 3.05) is 5.32 Å². The Morgan fingerprint density at radius 3 is 2.62 bits per heavy atom. The second-order valence-corrected chi connectivity index (χ2v) is 5.04. The lowest BCUT2D eigenvalue weighted by atomic mass is 9.79. The number of anilines is 1. The Bertz CT molecular complexity index is 450. The summed E-state index contributed by atoms with van der Waals surface area (Å²) in [7, 11) is 0. The molecule has 2 nitrogen and oxygen atoms in total. The van der Waals surface area contributed by atoms with Gasteiger partial charge in [-0.15, -0.1) is 0 Å². The van der Waals surface area contributed by atoms with Crippen LogP contribution in [-0.2, 0) is 10.2 Å². The molecule has 0 bridgehead atoms. The summed E-state index contributed by atoms with van der Waals surface area (Å²) in [6, 6.07) is 4.27. The highest BCUT2D eigenvalue weighted by Gasteiger charge is 2.42. The number of carbonyl (C=O) groups is 1. The quantitative estimate of drug-likeness (QED) is 0.809. The van der Waals surface area contributed by atoms with Crippen molar-refractivity contribution in [2.24, 2.45) is 0 Å². The number of hydrogen-bond donors (Lipinski definition) is 1. The van der Waals surface area contributed by atoms with Crippen LogP contribution >= 0.6 is 0 Å². The molecule has 0 aromatic heterocycles. The number of aryl methyl sites for hydroxylation is 2. The summed E-state index contributed by atoms with van der Waals surface area (Å²) < 4.78 is 0. The normalized spacial score (nSPS) is 23.1. The lowest BCUT2D eigenvalue weighted by Gasteiger charge is -2.21. The molecule has 0 radical (unpaired) electrons. The van der Waals surface area contributed by atoms with Crippen LogP contribution in [0.3, 0.4) is 0 Å². The zero-order valence-electron chi connectivity index (χ0n) is 10.5. The summed E-state index contributed by atoms with van der Waals surface area (Å²) in [5.41, 5.74) is 4.28. The Morgan fingerprint density at radius 1 is 1.31 bits per heavy atom. The summed E-state index contributed by atoms with van der Waals surface area (Å²) in [5.74, 6) is 0.151. The molecule has 0 saturated heterocycles. The van der Waals surface area contributed by atoms with Gasteiger partial charge in [0.2, 0.25) is 5.91 Å². The van der Waals surface area contributed by atoms with Gasteiger partial charge in [-0.05, 0) is 38.3 Å². The lowest BCUT2D eigenvalue weighted by molar-refractivity contribution is -0.120. The minimum Gasteiger partial charge on any atom is -0.325 e. The zero-order chi connectivity index (χ0) is 11.9. The highest BCUT2D eigenvalue weighted by atomic mass is 16.2. The fraction of sp³-hybridized carbons (Fsp3) is 0.500. The van der Waals surface area contributed by atoms with Gasteiger partial charge in [0.1, 0.15) is 0 Å². The summed E-state index contributed by atoms with van der Waals surface area (Å²) >= 11 is 0. The molecule has 1 atom stereocenters. The van der Waals surface area contributed by atoms with Crippen LogP contribution in [0, 0.1) is 13.8 Å². The highest BCUT2D eigenvalue weighted by molar-refractivity contribution is 6.06. The van der Waals surface area contributed by atoms with Crippen LogP contribution in [0.1, 0.15) is 43.4 Å². The number of benzene rings is 1. The van der Waals surface area contributed by atoms with Crippen molar-refractivity contribution in [3.8, 4) is 0 Å². The van der Waals surface area contributed by atoms with Crippen LogP contribution in [-0.4, -0.2) is 5.91 Å². The molecule has 1 heterocycles. The van der Waals surface area contributed by atoms with Crippen molar-refractivity contribution in [3.63, 3.8) is 0 Å². The van der Waals surface area contributed by atoms with E-state index in [9.17, 15) is 4.79 Å². The molecule has 0 spiro atoms. The molecule has 16 heavy (non-hydrogen) atoms. The van der Waals surface area contributed by atoms with Gasteiger partial charge < -0.3 is 5.32 Å². The van der Waals surface area contributed by atoms with Gasteiger partial charge >= 0.3 is 0 Å². The van der Waals surface area contributed by atoms with E-state index in [1.54, 1.807) is 0 Å². The average molecular weight is 217 g/mol. The van der Waals surface area contributed by atoms with E-state index in [-0.39, 0.29) is 11.3 Å². The third kappa shape index (κ3) is 1.44. The third-order valence-electron chi connectivity index (χ3n) is 3.56. The first-order valence-corrected chi connectivity index (χ1v) is 5.92. The van der Waals surface area contributed by atoms with E-state index < -0.39 is 0 Å². The Labute approximate surface area is 97.1 Å². The van der Waals surface area contributed by atoms with Crippen LogP contribution in [0.2, 0.25) is 0 Å². The predicted molar refractivity (Wildman–Crippen MR) is 66.8 cm³/mol. The molecule has 0 fully saturated rings. The number of carbonyl (C=O) groups excluding carboxylic acids is 1. The average Bonchev–Trinajstić information content (AvgIpc) is 2.43. The molecule has 2 rings (SSSR count). The maximum Gasteiger partial charge on any atom is 0.234 e. The smallest absolute Gasteiger partial charge is 0.234 e. The Balaban J connectivity index is 2.60. The van der Waals surface area contributed by atoms with Crippen molar-refractivity contribution in [2.45, 2.75) is 46.0 Å². The molecule has 1 unspecified atom stereocenters. The van der Waals surface area contributed by atoms with E-state index in [0.29, 0.717) is 0 Å². The fourth-order valence-corrected chi connectivity index (χ4v) is 2.69. The van der Waals surface area contributed by atoms with Gasteiger partial charge in [-0.3, -0.25) is 4.79 Å². The topological polar surface area (TPSA) is 29.1 Å². The van der Waals surface area contributed by atoms with Crippen molar-refractivity contribution in [1.82, 2.24) is 0 Å². The van der Waals surface area contributed by atoms with Gasteiger partial charge in [0, 0.05) is 5.69 Å². The SMILES string of the molecule is CCCC1(C)C(=O)Nc2c(C)cc(C)cc21. The van der Waals surface area contributed by atoms with E-state index in [1.807, 2.05) is 0 Å². The summed E-state index contributed by atoms with van der Waals surface area (Å²) in [4.78, 5) is 12.1. The monoisotopic (exact) mass is 217 g/mol. The minimum absolute atomic E-state index is 0.151. The number of fused-ring (bicyclic) bond motifs is 1. The molecular weight excluding hydrogens is 198 g/mol. The molecule has 2 heteroatoms. The van der Waals surface area contributed by atoms with Crippen LogP contribution in [0.15, 0.2) is 12.1 Å². The summed E-state index contributed by atoms with van der Waals surface area (Å²) in [6.45, 7) is 8.32. The number of hydrogen-bond acceptors (Lipinski definition) is 1. The second kappa shape index (κ2) is 3.62. The Hall–Kier alpha value is -1.31. The van der Waals surface area contributed by atoms with Crippen molar-refractivity contribution >= 4 is 11.6 Å². The van der Waals surface area contributed by atoms with E-state index in [2.05, 4.69) is 45.1 Å². The standard InChI is InChI=1S/C14H19NO/c1-5-6-14(4)11-8-9(2)7-10(3)12(11)15-13(14)16/h7-8H,5-6H2,1-4H3,(H,15,16). The molecule has 1 amide bonds. The molecule has 0 saturated carbocycles. The van der Waals surface area contributed by atoms with Gasteiger partial charge in [0.15, 0.2) is 0 Å². The van der Waals surface area contributed by atoms with Crippen molar-refractivity contribution < 1.29 is 4.79 Å². The number of amides is 1. The van der Waals surface area contributed by atoms with E-state index in [4.69, 9.17) is 0 Å². The summed E-state index contributed by atoms with van der Waals surface area (Å²) in [5, 5.41) is 3.03. The van der Waals surface area contributed by atoms with Gasteiger partial charge in [0.05, 0.1) is 5.41 Å². The first-order valence-electron chi connectivity index (χ1n) is 5.92. The minimum atomic E-state index is -0.332. The molecular formula is C14H19NO. The zero-order valence-corrected chi connectivity index (χ0v) is 10.5. The Kier molecular flexibility index (Phi) is 2.53. The summed E-state index contributed by atoms with van der Waals surface area (Å²) in [6.07, 6.45) is 1.94. The highest BCUT2D eigenvalue weighted by Crippen LogP contribution is 2.42.